The topological polar surface area (TPSA) is 52.7 Å². The smallest absolute Gasteiger partial charge is 0.274 e. The molecule has 0 saturated heterocycles. The van der Waals surface area contributed by atoms with Crippen molar-refractivity contribution in [2.45, 2.75) is 45.6 Å². The molecule has 0 aromatic carbocycles. The van der Waals surface area contributed by atoms with Gasteiger partial charge in [0, 0.05) is 18.6 Å². The highest BCUT2D eigenvalue weighted by Crippen LogP contribution is 2.39. The maximum Gasteiger partial charge on any atom is 0.295 e. The van der Waals surface area contributed by atoms with E-state index < -0.39 is 0 Å². The van der Waals surface area contributed by atoms with E-state index in [1.807, 2.05) is 13.2 Å². The van der Waals surface area contributed by atoms with Gasteiger partial charge in [-0.2, -0.15) is 10.2 Å². The molecule has 0 spiro atoms. The Morgan fingerprint density at radius 2 is 2.00 bits per heavy atom. The summed E-state index contributed by atoms with van der Waals surface area (Å²) >= 11 is 0. The van der Waals surface area contributed by atoms with Crippen LogP contribution in [0.2, 0.25) is 0 Å². The van der Waals surface area contributed by atoms with Gasteiger partial charge >= 0.3 is 0 Å². The molecule has 19 heavy (non-hydrogen) atoms. The monoisotopic (exact) mass is 260 g/mol. The molecule has 0 atom stereocenters. The minimum Gasteiger partial charge on any atom is -0.274 e. The van der Waals surface area contributed by atoms with Crippen molar-refractivity contribution in [2.75, 3.05) is 0 Å². The first-order valence-electron chi connectivity index (χ1n) is 6.87. The number of hydrogen-bond donors (Lipinski definition) is 0. The summed E-state index contributed by atoms with van der Waals surface area (Å²) in [4.78, 5) is 12.4. The third kappa shape index (κ3) is 2.17. The molecule has 5 nitrogen and oxygen atoms in total. The summed E-state index contributed by atoms with van der Waals surface area (Å²) in [6.07, 6.45) is 7.93. The first kappa shape index (κ1) is 12.4. The first-order chi connectivity index (χ1) is 8.96. The highest BCUT2D eigenvalue weighted by Gasteiger charge is 2.29. The molecular formula is C14H20N4O. The molecule has 2 heterocycles. The highest BCUT2D eigenvalue weighted by molar-refractivity contribution is 5.75. The number of nitrogens with zero attached hydrogens (tertiary/aromatic N) is 4. The Morgan fingerprint density at radius 3 is 2.68 bits per heavy atom. The van der Waals surface area contributed by atoms with E-state index in [1.165, 1.54) is 0 Å². The van der Waals surface area contributed by atoms with Crippen LogP contribution >= 0.6 is 0 Å². The van der Waals surface area contributed by atoms with Crippen molar-refractivity contribution in [1.29, 1.82) is 0 Å². The standard InChI is InChI=1S/C14H20N4O/c1-14(2)6-4-11(5-7-14)18-13(19)12-10(8-15-18)9-17(3)16-12/h8-9,11H,4-7H2,1-3H3. The van der Waals surface area contributed by atoms with Crippen LogP contribution < -0.4 is 5.56 Å². The zero-order valence-corrected chi connectivity index (χ0v) is 11.8. The van der Waals surface area contributed by atoms with Gasteiger partial charge in [-0.05, 0) is 31.1 Å². The summed E-state index contributed by atoms with van der Waals surface area (Å²) in [6.45, 7) is 4.59. The fraction of sp³-hybridized carbons (Fsp3) is 0.643. The van der Waals surface area contributed by atoms with Gasteiger partial charge in [0.2, 0.25) is 0 Å². The van der Waals surface area contributed by atoms with Gasteiger partial charge in [0.15, 0.2) is 5.52 Å². The molecule has 0 unspecified atom stereocenters. The second-order valence-electron chi connectivity index (χ2n) is 6.40. The lowest BCUT2D eigenvalue weighted by Gasteiger charge is -2.34. The van der Waals surface area contributed by atoms with E-state index in [0.29, 0.717) is 10.9 Å². The van der Waals surface area contributed by atoms with E-state index in [4.69, 9.17) is 0 Å². The van der Waals surface area contributed by atoms with Crippen molar-refractivity contribution in [1.82, 2.24) is 19.6 Å². The van der Waals surface area contributed by atoms with Gasteiger partial charge in [0.05, 0.1) is 12.2 Å². The zero-order chi connectivity index (χ0) is 13.6. The molecule has 0 aliphatic heterocycles. The van der Waals surface area contributed by atoms with Crippen LogP contribution in [0.15, 0.2) is 17.2 Å². The maximum atomic E-state index is 12.4. The highest BCUT2D eigenvalue weighted by atomic mass is 16.1. The number of aryl methyl sites for hydroxylation is 1. The van der Waals surface area contributed by atoms with Crippen LogP contribution in [0.1, 0.15) is 45.6 Å². The van der Waals surface area contributed by atoms with Crippen LogP contribution in [0.25, 0.3) is 10.9 Å². The largest absolute Gasteiger partial charge is 0.295 e. The fourth-order valence-electron chi connectivity index (χ4n) is 2.94. The van der Waals surface area contributed by atoms with Crippen LogP contribution in [0.5, 0.6) is 0 Å². The Labute approximate surface area is 112 Å². The summed E-state index contributed by atoms with van der Waals surface area (Å²) in [6, 6.07) is 0.229. The summed E-state index contributed by atoms with van der Waals surface area (Å²) in [5.74, 6) is 0. The van der Waals surface area contributed by atoms with Crippen LogP contribution in [-0.2, 0) is 7.05 Å². The SMILES string of the molecule is Cn1cc2cnn(C3CCC(C)(C)CC3)c(=O)c2n1. The molecule has 2 aromatic heterocycles. The van der Waals surface area contributed by atoms with Crippen molar-refractivity contribution in [3.05, 3.63) is 22.7 Å². The second-order valence-corrected chi connectivity index (χ2v) is 6.40. The average molecular weight is 260 g/mol. The van der Waals surface area contributed by atoms with Crippen molar-refractivity contribution in [3.63, 3.8) is 0 Å². The van der Waals surface area contributed by atoms with E-state index in [9.17, 15) is 4.79 Å². The Morgan fingerprint density at radius 1 is 1.32 bits per heavy atom. The predicted molar refractivity (Wildman–Crippen MR) is 74.1 cm³/mol. The first-order valence-corrected chi connectivity index (χ1v) is 6.87. The molecule has 0 radical (unpaired) electrons. The minimum atomic E-state index is -0.0530. The molecule has 102 valence electrons. The van der Waals surface area contributed by atoms with Gasteiger partial charge in [0.25, 0.3) is 5.56 Å². The number of hydrogen-bond acceptors (Lipinski definition) is 3. The van der Waals surface area contributed by atoms with Crippen LogP contribution in [-0.4, -0.2) is 19.6 Å². The summed E-state index contributed by atoms with van der Waals surface area (Å²) in [5, 5.41) is 9.40. The zero-order valence-electron chi connectivity index (χ0n) is 11.8. The average Bonchev–Trinajstić information content (AvgIpc) is 2.72. The Kier molecular flexibility index (Phi) is 2.73. The molecule has 2 aromatic rings. The lowest BCUT2D eigenvalue weighted by Crippen LogP contribution is -2.32. The van der Waals surface area contributed by atoms with Crippen molar-refractivity contribution in [3.8, 4) is 0 Å². The van der Waals surface area contributed by atoms with E-state index in [-0.39, 0.29) is 11.6 Å². The van der Waals surface area contributed by atoms with Crippen molar-refractivity contribution in [2.24, 2.45) is 12.5 Å². The van der Waals surface area contributed by atoms with Crippen molar-refractivity contribution < 1.29 is 0 Å². The van der Waals surface area contributed by atoms with E-state index in [2.05, 4.69) is 24.0 Å². The van der Waals surface area contributed by atoms with Crippen LogP contribution in [0.3, 0.4) is 0 Å². The molecule has 1 fully saturated rings. The number of fused-ring (bicyclic) bond motifs is 1. The lowest BCUT2D eigenvalue weighted by atomic mass is 9.75. The van der Waals surface area contributed by atoms with Gasteiger partial charge < -0.3 is 0 Å². The number of aromatic nitrogens is 4. The summed E-state index contributed by atoms with van der Waals surface area (Å²) < 4.78 is 3.31. The molecule has 1 saturated carbocycles. The third-order valence-electron chi connectivity index (χ3n) is 4.24. The maximum absolute atomic E-state index is 12.4. The van der Waals surface area contributed by atoms with E-state index in [1.54, 1.807) is 15.6 Å². The normalized spacial score (nSPS) is 19.9. The molecule has 3 rings (SSSR count). The molecule has 1 aliphatic carbocycles. The van der Waals surface area contributed by atoms with Crippen LogP contribution in [0.4, 0.5) is 0 Å². The second kappa shape index (κ2) is 4.18. The molecule has 0 amide bonds. The predicted octanol–water partition coefficient (Wildman–Crippen LogP) is 2.27. The Hall–Kier alpha value is -1.65. The van der Waals surface area contributed by atoms with Gasteiger partial charge in [-0.1, -0.05) is 13.8 Å². The quantitative estimate of drug-likeness (QED) is 0.790. The molecule has 5 heteroatoms. The summed E-state index contributed by atoms with van der Waals surface area (Å²) in [5.41, 5.74) is 0.875. The number of rotatable bonds is 1. The van der Waals surface area contributed by atoms with Crippen LogP contribution in [0, 0.1) is 5.41 Å². The fourth-order valence-corrected chi connectivity index (χ4v) is 2.94. The van der Waals surface area contributed by atoms with E-state index >= 15 is 0 Å². The van der Waals surface area contributed by atoms with Gasteiger partial charge in [0.1, 0.15) is 0 Å². The molecule has 0 bridgehead atoms. The van der Waals surface area contributed by atoms with E-state index in [0.717, 1.165) is 31.1 Å². The van der Waals surface area contributed by atoms with Gasteiger partial charge in [-0.3, -0.25) is 9.48 Å². The summed E-state index contributed by atoms with van der Waals surface area (Å²) in [7, 11) is 1.83. The van der Waals surface area contributed by atoms with Gasteiger partial charge in [-0.15, -0.1) is 0 Å². The molecular weight excluding hydrogens is 240 g/mol. The minimum absolute atomic E-state index is 0.0530. The molecule has 0 N–H and O–H groups in total. The molecule has 1 aliphatic rings. The van der Waals surface area contributed by atoms with Gasteiger partial charge in [-0.25, -0.2) is 4.68 Å². The Bertz CT molecular complexity index is 658. The lowest BCUT2D eigenvalue weighted by molar-refractivity contribution is 0.183. The Balaban J connectivity index is 1.98. The third-order valence-corrected chi connectivity index (χ3v) is 4.24. The van der Waals surface area contributed by atoms with Crippen molar-refractivity contribution >= 4 is 10.9 Å².